The average molecular weight is 279 g/mol. The number of amides is 1. The zero-order valence-corrected chi connectivity index (χ0v) is 12.1. The number of carbonyl (C=O) groups excluding carboxylic acids is 1. The molecule has 0 heterocycles. The van der Waals surface area contributed by atoms with Crippen LogP contribution in [0.3, 0.4) is 0 Å². The molecule has 0 aromatic heterocycles. The van der Waals surface area contributed by atoms with E-state index in [4.69, 9.17) is 9.53 Å². The third-order valence-corrected chi connectivity index (χ3v) is 2.77. The summed E-state index contributed by atoms with van der Waals surface area (Å²) in [7, 11) is -1.64. The fourth-order valence-electron chi connectivity index (χ4n) is 1.29. The van der Waals surface area contributed by atoms with Crippen LogP contribution in [0.2, 0.25) is 19.6 Å². The van der Waals surface area contributed by atoms with Gasteiger partial charge in [-0.2, -0.15) is 0 Å². The van der Waals surface area contributed by atoms with Gasteiger partial charge in [0.15, 0.2) is 0 Å². The molecule has 0 aliphatic heterocycles. The number of rotatable bonds is 5. The van der Waals surface area contributed by atoms with E-state index in [2.05, 4.69) is 25.0 Å². The molecular formula is C13H17NO4Si. The molecule has 2 N–H and O–H groups in total. The molecule has 0 saturated carbocycles. The lowest BCUT2D eigenvalue weighted by atomic mass is 10.3. The van der Waals surface area contributed by atoms with Crippen LogP contribution in [0.15, 0.2) is 36.4 Å². The third-order valence-electron chi connectivity index (χ3n) is 1.92. The van der Waals surface area contributed by atoms with Crippen LogP contribution in [-0.2, 0) is 9.59 Å². The van der Waals surface area contributed by atoms with Crippen LogP contribution in [-0.4, -0.2) is 25.3 Å². The number of carboxylic acid groups (broad SMARTS) is 1. The summed E-state index contributed by atoms with van der Waals surface area (Å²) < 4.78 is 5.78. The predicted molar refractivity (Wildman–Crippen MR) is 75.8 cm³/mol. The summed E-state index contributed by atoms with van der Waals surface area (Å²) in [5.41, 5.74) is 0.586. The van der Waals surface area contributed by atoms with Crippen LogP contribution in [0.4, 0.5) is 5.69 Å². The molecule has 0 aliphatic carbocycles. The molecule has 0 fully saturated rings. The number of hydrogen-bond donors (Lipinski definition) is 2. The molecule has 5 nitrogen and oxygen atoms in total. The first-order valence-corrected chi connectivity index (χ1v) is 9.18. The van der Waals surface area contributed by atoms with E-state index in [9.17, 15) is 9.59 Å². The van der Waals surface area contributed by atoms with Crippen molar-refractivity contribution < 1.29 is 19.1 Å². The Morgan fingerprint density at radius 2 is 1.74 bits per heavy atom. The first-order chi connectivity index (χ1) is 8.76. The molecule has 0 spiro atoms. The SMILES string of the molecule is C[Si](C)(C)Oc1ccc(NC(=O)/C=C\C(=O)O)cc1. The Kier molecular flexibility index (Phi) is 4.88. The van der Waals surface area contributed by atoms with Gasteiger partial charge >= 0.3 is 5.97 Å². The van der Waals surface area contributed by atoms with E-state index in [0.29, 0.717) is 5.69 Å². The van der Waals surface area contributed by atoms with Gasteiger partial charge in [-0.05, 0) is 43.9 Å². The van der Waals surface area contributed by atoms with E-state index in [0.717, 1.165) is 17.9 Å². The van der Waals surface area contributed by atoms with Gasteiger partial charge in [-0.3, -0.25) is 4.79 Å². The zero-order valence-electron chi connectivity index (χ0n) is 11.1. The van der Waals surface area contributed by atoms with Crippen LogP contribution in [0.1, 0.15) is 0 Å². The van der Waals surface area contributed by atoms with Gasteiger partial charge in [0.2, 0.25) is 14.2 Å². The lowest BCUT2D eigenvalue weighted by Gasteiger charge is -2.19. The molecule has 0 unspecified atom stereocenters. The lowest BCUT2D eigenvalue weighted by molar-refractivity contribution is -0.131. The van der Waals surface area contributed by atoms with Gasteiger partial charge in [0.1, 0.15) is 5.75 Å². The number of carbonyl (C=O) groups is 2. The van der Waals surface area contributed by atoms with Gasteiger partial charge in [0.05, 0.1) is 0 Å². The van der Waals surface area contributed by atoms with Crippen molar-refractivity contribution in [3.05, 3.63) is 36.4 Å². The summed E-state index contributed by atoms with van der Waals surface area (Å²) >= 11 is 0. The van der Waals surface area contributed by atoms with Crippen molar-refractivity contribution in [2.45, 2.75) is 19.6 Å². The standard InChI is InChI=1S/C13H17NO4Si/c1-19(2,3)18-11-6-4-10(5-7-11)14-12(15)8-9-13(16)17/h4-9H,1-3H3,(H,14,15)(H,16,17)/b9-8-. The molecule has 1 rings (SSSR count). The molecule has 0 radical (unpaired) electrons. The van der Waals surface area contributed by atoms with Crippen LogP contribution < -0.4 is 9.74 Å². The largest absolute Gasteiger partial charge is 0.544 e. The maximum absolute atomic E-state index is 11.3. The highest BCUT2D eigenvalue weighted by Crippen LogP contribution is 2.19. The van der Waals surface area contributed by atoms with Crippen LogP contribution in [0.5, 0.6) is 5.75 Å². The maximum Gasteiger partial charge on any atom is 0.328 e. The van der Waals surface area contributed by atoms with E-state index < -0.39 is 20.2 Å². The van der Waals surface area contributed by atoms with Crippen molar-refractivity contribution in [3.63, 3.8) is 0 Å². The predicted octanol–water partition coefficient (Wildman–Crippen LogP) is 2.48. The number of carboxylic acids is 1. The molecule has 1 aromatic carbocycles. The normalized spacial score (nSPS) is 11.3. The van der Waals surface area contributed by atoms with Gasteiger partial charge in [0.25, 0.3) is 0 Å². The minimum absolute atomic E-state index is 0.485. The monoisotopic (exact) mass is 279 g/mol. The lowest BCUT2D eigenvalue weighted by Crippen LogP contribution is -2.29. The van der Waals surface area contributed by atoms with E-state index in [1.54, 1.807) is 24.3 Å². The molecule has 0 bridgehead atoms. The maximum atomic E-state index is 11.3. The van der Waals surface area contributed by atoms with Gasteiger partial charge in [-0.15, -0.1) is 0 Å². The van der Waals surface area contributed by atoms with E-state index in [1.165, 1.54) is 0 Å². The molecule has 0 aliphatic rings. The second kappa shape index (κ2) is 6.19. The summed E-state index contributed by atoms with van der Waals surface area (Å²) in [6.45, 7) is 6.25. The Morgan fingerprint density at radius 3 is 2.21 bits per heavy atom. The Balaban J connectivity index is 2.62. The van der Waals surface area contributed by atoms with Crippen molar-refractivity contribution in [1.82, 2.24) is 0 Å². The fourth-order valence-corrected chi connectivity index (χ4v) is 2.13. The quantitative estimate of drug-likeness (QED) is 0.641. The zero-order chi connectivity index (χ0) is 14.5. The van der Waals surface area contributed by atoms with Crippen molar-refractivity contribution >= 4 is 25.9 Å². The van der Waals surface area contributed by atoms with Gasteiger partial charge in [-0.1, -0.05) is 0 Å². The Morgan fingerprint density at radius 1 is 1.16 bits per heavy atom. The Hall–Kier alpha value is -2.08. The van der Waals surface area contributed by atoms with Crippen molar-refractivity contribution in [2.75, 3.05) is 5.32 Å². The highest BCUT2D eigenvalue weighted by atomic mass is 28.4. The van der Waals surface area contributed by atoms with Crippen LogP contribution >= 0.6 is 0 Å². The number of benzene rings is 1. The summed E-state index contributed by atoms with van der Waals surface area (Å²) in [4.78, 5) is 21.6. The molecule has 0 atom stereocenters. The third kappa shape index (κ3) is 6.42. The summed E-state index contributed by atoms with van der Waals surface area (Å²) in [5, 5.41) is 10.9. The molecule has 6 heteroatoms. The Bertz CT molecular complexity index is 488. The number of nitrogens with one attached hydrogen (secondary N) is 1. The molecule has 0 saturated heterocycles. The molecule has 1 aromatic rings. The molecule has 1 amide bonds. The highest BCUT2D eigenvalue weighted by molar-refractivity contribution is 6.70. The van der Waals surface area contributed by atoms with Crippen LogP contribution in [0.25, 0.3) is 0 Å². The average Bonchev–Trinajstić information content (AvgIpc) is 2.27. The number of hydrogen-bond acceptors (Lipinski definition) is 3. The second-order valence-electron chi connectivity index (χ2n) is 4.90. The summed E-state index contributed by atoms with van der Waals surface area (Å²) in [6.07, 6.45) is 1.76. The summed E-state index contributed by atoms with van der Waals surface area (Å²) in [6, 6.07) is 6.97. The first-order valence-electron chi connectivity index (χ1n) is 5.77. The van der Waals surface area contributed by atoms with Gasteiger partial charge < -0.3 is 14.8 Å². The molecule has 19 heavy (non-hydrogen) atoms. The first kappa shape index (κ1) is 15.0. The van der Waals surface area contributed by atoms with Crippen molar-refractivity contribution in [2.24, 2.45) is 0 Å². The minimum Gasteiger partial charge on any atom is -0.544 e. The van der Waals surface area contributed by atoms with E-state index in [1.807, 2.05) is 0 Å². The fraction of sp³-hybridized carbons (Fsp3) is 0.231. The van der Waals surface area contributed by atoms with Crippen molar-refractivity contribution in [3.8, 4) is 5.75 Å². The highest BCUT2D eigenvalue weighted by Gasteiger charge is 2.15. The van der Waals surface area contributed by atoms with E-state index >= 15 is 0 Å². The van der Waals surface area contributed by atoms with Crippen molar-refractivity contribution in [1.29, 1.82) is 0 Å². The topological polar surface area (TPSA) is 75.6 Å². The number of aliphatic carboxylic acids is 1. The molecule has 102 valence electrons. The summed E-state index contributed by atoms with van der Waals surface area (Å²) in [5.74, 6) is -0.881. The smallest absolute Gasteiger partial charge is 0.328 e. The minimum atomic E-state index is -1.64. The second-order valence-corrected chi connectivity index (χ2v) is 9.33. The van der Waals surface area contributed by atoms with E-state index in [-0.39, 0.29) is 0 Å². The van der Waals surface area contributed by atoms with Gasteiger partial charge in [-0.25, -0.2) is 4.79 Å². The Labute approximate surface area is 113 Å². The van der Waals surface area contributed by atoms with Crippen LogP contribution in [0, 0.1) is 0 Å². The van der Waals surface area contributed by atoms with Gasteiger partial charge in [0, 0.05) is 17.8 Å². The number of anilines is 1. The molecular weight excluding hydrogens is 262 g/mol.